The molecule has 0 saturated heterocycles. The second kappa shape index (κ2) is 7.60. The molecule has 1 N–H and O–H groups in total. The topological polar surface area (TPSA) is 33.7 Å². The molecule has 0 aliphatic heterocycles. The summed E-state index contributed by atoms with van der Waals surface area (Å²) in [6, 6.07) is 6.68. The van der Waals surface area contributed by atoms with Crippen LogP contribution in [0.25, 0.3) is 0 Å². The molecule has 132 valence electrons. The van der Waals surface area contributed by atoms with Gasteiger partial charge in [0, 0.05) is 19.6 Å². The molecule has 0 heterocycles. The van der Waals surface area contributed by atoms with Crippen molar-refractivity contribution in [1.29, 1.82) is 0 Å². The van der Waals surface area contributed by atoms with Crippen LogP contribution in [-0.4, -0.2) is 43.9 Å². The summed E-state index contributed by atoms with van der Waals surface area (Å²) in [6.07, 6.45) is 6.42. The van der Waals surface area contributed by atoms with E-state index < -0.39 is 0 Å². The fourth-order valence-electron chi connectivity index (χ4n) is 4.12. The lowest BCUT2D eigenvalue weighted by atomic mass is 9.95. The van der Waals surface area contributed by atoms with Crippen molar-refractivity contribution in [2.45, 2.75) is 38.1 Å². The van der Waals surface area contributed by atoms with E-state index in [1.54, 1.807) is 14.2 Å². The first-order valence-electron chi connectivity index (χ1n) is 8.83. The second-order valence-electron chi connectivity index (χ2n) is 7.09. The van der Waals surface area contributed by atoms with Crippen LogP contribution in [0, 0.1) is 11.8 Å². The van der Waals surface area contributed by atoms with Gasteiger partial charge in [-0.1, -0.05) is 12.5 Å². The van der Waals surface area contributed by atoms with Crippen molar-refractivity contribution in [2.75, 3.05) is 27.8 Å². The summed E-state index contributed by atoms with van der Waals surface area (Å²) in [5.74, 6) is 3.32. The monoisotopic (exact) mass is 348 g/mol. The first-order valence-corrected chi connectivity index (χ1v) is 9.24. The molecule has 0 spiro atoms. The summed E-state index contributed by atoms with van der Waals surface area (Å²) < 4.78 is 10.7. The maximum Gasteiger partial charge on any atom is 0.168 e. The summed E-state index contributed by atoms with van der Waals surface area (Å²) in [6.45, 7) is 0.891. The Morgan fingerprint density at radius 1 is 1.21 bits per heavy atom. The van der Waals surface area contributed by atoms with Gasteiger partial charge in [0.2, 0.25) is 0 Å². The molecule has 3 atom stereocenters. The van der Waals surface area contributed by atoms with Crippen LogP contribution >= 0.6 is 12.2 Å². The minimum absolute atomic E-state index is 0.597. The lowest BCUT2D eigenvalue weighted by molar-refractivity contribution is 0.354. The molecular weight excluding hydrogens is 320 g/mol. The van der Waals surface area contributed by atoms with Gasteiger partial charge >= 0.3 is 0 Å². The van der Waals surface area contributed by atoms with E-state index in [9.17, 15) is 0 Å². The molecule has 0 radical (unpaired) electrons. The molecule has 1 aromatic rings. The SMILES string of the molecule is COc1ccc(CCN(C)C(=S)N[C@H]2C[C@H]3CC[C@@H]2C3)cc1OC. The van der Waals surface area contributed by atoms with Crippen molar-refractivity contribution in [1.82, 2.24) is 10.2 Å². The van der Waals surface area contributed by atoms with E-state index in [1.165, 1.54) is 31.2 Å². The predicted molar refractivity (Wildman–Crippen MR) is 101 cm³/mol. The number of nitrogens with one attached hydrogen (secondary N) is 1. The minimum Gasteiger partial charge on any atom is -0.493 e. The zero-order valence-corrected chi connectivity index (χ0v) is 15.7. The van der Waals surface area contributed by atoms with Gasteiger partial charge in [0.1, 0.15) is 0 Å². The highest BCUT2D eigenvalue weighted by molar-refractivity contribution is 7.80. The molecule has 2 bridgehead atoms. The molecule has 2 saturated carbocycles. The lowest BCUT2D eigenvalue weighted by Gasteiger charge is -2.28. The van der Waals surface area contributed by atoms with Gasteiger partial charge in [0.15, 0.2) is 16.6 Å². The third-order valence-corrected chi connectivity index (χ3v) is 6.01. The maximum absolute atomic E-state index is 5.60. The number of likely N-dealkylation sites (N-methyl/N-ethyl adjacent to an activating group) is 1. The molecule has 0 aromatic heterocycles. The van der Waals surface area contributed by atoms with Gasteiger partial charge < -0.3 is 19.7 Å². The van der Waals surface area contributed by atoms with Gasteiger partial charge in [-0.2, -0.15) is 0 Å². The van der Waals surface area contributed by atoms with Gasteiger partial charge in [-0.15, -0.1) is 0 Å². The summed E-state index contributed by atoms with van der Waals surface area (Å²) in [4.78, 5) is 2.15. The van der Waals surface area contributed by atoms with E-state index in [4.69, 9.17) is 21.7 Å². The Balaban J connectivity index is 1.49. The Kier molecular flexibility index (Phi) is 5.49. The molecular formula is C19H28N2O2S. The third kappa shape index (κ3) is 3.77. The van der Waals surface area contributed by atoms with E-state index >= 15 is 0 Å². The minimum atomic E-state index is 0.597. The van der Waals surface area contributed by atoms with Crippen molar-refractivity contribution >= 4 is 17.3 Å². The Labute approximate surface area is 150 Å². The van der Waals surface area contributed by atoms with Crippen molar-refractivity contribution in [3.63, 3.8) is 0 Å². The Bertz CT molecular complexity index is 593. The van der Waals surface area contributed by atoms with Crippen LogP contribution < -0.4 is 14.8 Å². The van der Waals surface area contributed by atoms with Crippen LogP contribution in [0.1, 0.15) is 31.2 Å². The van der Waals surface area contributed by atoms with Gasteiger partial charge in [-0.05, 0) is 67.4 Å². The number of hydrogen-bond acceptors (Lipinski definition) is 3. The standard InChI is InChI=1S/C19H28N2O2S/c1-21(19(24)20-16-11-14-4-6-15(16)10-14)9-8-13-5-7-17(22-2)18(12-13)23-3/h5,7,12,14-16H,4,6,8-11H2,1-3H3,(H,20,24)/t14-,15+,16-/m0/s1. The normalized spacial score (nSPS) is 24.7. The van der Waals surface area contributed by atoms with Crippen LogP contribution in [0.4, 0.5) is 0 Å². The highest BCUT2D eigenvalue weighted by Gasteiger charge is 2.39. The molecule has 1 aromatic carbocycles. The van der Waals surface area contributed by atoms with E-state index in [1.807, 2.05) is 12.1 Å². The molecule has 2 aliphatic rings. The van der Waals surface area contributed by atoms with Crippen molar-refractivity contribution in [3.8, 4) is 11.5 Å². The van der Waals surface area contributed by atoms with Crippen LogP contribution in [0.15, 0.2) is 18.2 Å². The van der Waals surface area contributed by atoms with Gasteiger partial charge in [0.25, 0.3) is 0 Å². The summed E-state index contributed by atoms with van der Waals surface area (Å²) in [5, 5.41) is 4.48. The largest absolute Gasteiger partial charge is 0.493 e. The number of methoxy groups -OCH3 is 2. The molecule has 5 heteroatoms. The third-order valence-electron chi connectivity index (χ3n) is 5.58. The number of rotatable bonds is 6. The second-order valence-corrected chi connectivity index (χ2v) is 7.48. The Hall–Kier alpha value is -1.49. The Morgan fingerprint density at radius 3 is 2.62 bits per heavy atom. The van der Waals surface area contributed by atoms with Gasteiger partial charge in [0.05, 0.1) is 14.2 Å². The molecule has 2 fully saturated rings. The molecule has 2 aliphatic carbocycles. The molecule has 0 unspecified atom stereocenters. The van der Waals surface area contributed by atoms with E-state index in [2.05, 4.69) is 23.3 Å². The number of fused-ring (bicyclic) bond motifs is 2. The van der Waals surface area contributed by atoms with E-state index in [-0.39, 0.29) is 0 Å². The number of nitrogens with zero attached hydrogens (tertiary/aromatic N) is 1. The smallest absolute Gasteiger partial charge is 0.168 e. The van der Waals surface area contributed by atoms with Crippen molar-refractivity contribution in [2.24, 2.45) is 11.8 Å². The quantitative estimate of drug-likeness (QED) is 0.798. The fraction of sp³-hybridized carbons (Fsp3) is 0.632. The van der Waals surface area contributed by atoms with Crippen LogP contribution in [0.2, 0.25) is 0 Å². The van der Waals surface area contributed by atoms with Crippen LogP contribution in [0.3, 0.4) is 0 Å². The van der Waals surface area contributed by atoms with Gasteiger partial charge in [-0.25, -0.2) is 0 Å². The number of ether oxygens (including phenoxy) is 2. The fourth-order valence-corrected chi connectivity index (χ4v) is 4.37. The van der Waals surface area contributed by atoms with Crippen LogP contribution in [0.5, 0.6) is 11.5 Å². The molecule has 3 rings (SSSR count). The predicted octanol–water partition coefficient (Wildman–Crippen LogP) is 3.24. The average molecular weight is 349 g/mol. The first kappa shape index (κ1) is 17.3. The molecule has 4 nitrogen and oxygen atoms in total. The summed E-state index contributed by atoms with van der Waals surface area (Å²) in [7, 11) is 5.40. The summed E-state index contributed by atoms with van der Waals surface area (Å²) >= 11 is 5.60. The lowest BCUT2D eigenvalue weighted by Crippen LogP contribution is -2.45. The number of hydrogen-bond donors (Lipinski definition) is 1. The average Bonchev–Trinajstić information content (AvgIpc) is 3.22. The summed E-state index contributed by atoms with van der Waals surface area (Å²) in [5.41, 5.74) is 1.22. The van der Waals surface area contributed by atoms with E-state index in [0.717, 1.165) is 41.4 Å². The highest BCUT2D eigenvalue weighted by Crippen LogP contribution is 2.44. The van der Waals surface area contributed by atoms with Crippen molar-refractivity contribution in [3.05, 3.63) is 23.8 Å². The molecule has 24 heavy (non-hydrogen) atoms. The zero-order valence-electron chi connectivity index (χ0n) is 14.9. The first-order chi connectivity index (χ1) is 11.6. The van der Waals surface area contributed by atoms with Gasteiger partial charge in [-0.3, -0.25) is 0 Å². The number of thiocarbonyl (C=S) groups is 1. The van der Waals surface area contributed by atoms with E-state index in [0.29, 0.717) is 6.04 Å². The zero-order chi connectivity index (χ0) is 17.1. The molecule has 0 amide bonds. The number of benzene rings is 1. The van der Waals surface area contributed by atoms with Crippen LogP contribution in [-0.2, 0) is 6.42 Å². The Morgan fingerprint density at radius 2 is 2.00 bits per heavy atom. The van der Waals surface area contributed by atoms with Crippen molar-refractivity contribution < 1.29 is 9.47 Å². The maximum atomic E-state index is 5.60. The highest BCUT2D eigenvalue weighted by atomic mass is 32.1.